The summed E-state index contributed by atoms with van der Waals surface area (Å²) < 4.78 is 1.93. The van der Waals surface area contributed by atoms with Gasteiger partial charge in [0.05, 0.1) is 6.33 Å². The van der Waals surface area contributed by atoms with Gasteiger partial charge in [-0.3, -0.25) is 0 Å². The van der Waals surface area contributed by atoms with E-state index in [0.29, 0.717) is 0 Å². The predicted molar refractivity (Wildman–Crippen MR) is 86.3 cm³/mol. The SMILES string of the molecule is CN1CCCN(C(=O)Nc2ccc(-n3ccnc3)cc2)CC1. The Labute approximate surface area is 130 Å². The number of carbonyl (C=O) groups excluding carboxylic acids is 1. The number of amides is 2. The summed E-state index contributed by atoms with van der Waals surface area (Å²) in [5.41, 5.74) is 1.83. The van der Waals surface area contributed by atoms with Crippen LogP contribution in [0.4, 0.5) is 10.5 Å². The number of rotatable bonds is 2. The summed E-state index contributed by atoms with van der Waals surface area (Å²) in [6, 6.07) is 7.74. The quantitative estimate of drug-likeness (QED) is 0.923. The molecule has 0 saturated carbocycles. The van der Waals surface area contributed by atoms with Crippen molar-refractivity contribution in [3.05, 3.63) is 43.0 Å². The summed E-state index contributed by atoms with van der Waals surface area (Å²) in [7, 11) is 2.09. The van der Waals surface area contributed by atoms with Crippen LogP contribution in [-0.4, -0.2) is 58.6 Å². The smallest absolute Gasteiger partial charge is 0.321 e. The third-order valence-electron chi connectivity index (χ3n) is 3.93. The highest BCUT2D eigenvalue weighted by atomic mass is 16.2. The Kier molecular flexibility index (Phi) is 4.39. The fraction of sp³-hybridized carbons (Fsp3) is 0.375. The Morgan fingerprint density at radius 3 is 2.68 bits per heavy atom. The Morgan fingerprint density at radius 1 is 1.14 bits per heavy atom. The molecule has 1 fully saturated rings. The number of nitrogens with one attached hydrogen (secondary N) is 1. The van der Waals surface area contributed by atoms with Crippen molar-refractivity contribution in [3.8, 4) is 5.69 Å². The van der Waals surface area contributed by atoms with E-state index in [2.05, 4.69) is 22.2 Å². The minimum atomic E-state index is -0.0225. The van der Waals surface area contributed by atoms with Crippen molar-refractivity contribution in [2.24, 2.45) is 0 Å². The molecule has 6 nitrogen and oxygen atoms in total. The summed E-state index contributed by atoms with van der Waals surface area (Å²) in [5, 5.41) is 2.97. The van der Waals surface area contributed by atoms with Crippen LogP contribution in [0.25, 0.3) is 5.69 Å². The van der Waals surface area contributed by atoms with E-state index < -0.39 is 0 Å². The zero-order valence-electron chi connectivity index (χ0n) is 12.8. The number of imidazole rings is 1. The molecule has 0 unspecified atom stereocenters. The average Bonchev–Trinajstić information content (AvgIpc) is 2.97. The zero-order chi connectivity index (χ0) is 15.4. The molecule has 3 rings (SSSR count). The number of hydrogen-bond donors (Lipinski definition) is 1. The maximum atomic E-state index is 12.3. The lowest BCUT2D eigenvalue weighted by Gasteiger charge is -2.21. The molecular formula is C16H21N5O. The molecule has 2 amide bonds. The number of likely N-dealkylation sites (N-methyl/N-ethyl adjacent to an activating group) is 1. The minimum Gasteiger partial charge on any atom is -0.323 e. The van der Waals surface area contributed by atoms with Crippen molar-refractivity contribution in [2.45, 2.75) is 6.42 Å². The number of hydrogen-bond acceptors (Lipinski definition) is 3. The second-order valence-corrected chi connectivity index (χ2v) is 5.59. The second kappa shape index (κ2) is 6.62. The number of aromatic nitrogens is 2. The van der Waals surface area contributed by atoms with Crippen LogP contribution in [0.2, 0.25) is 0 Å². The van der Waals surface area contributed by atoms with Gasteiger partial charge >= 0.3 is 6.03 Å². The molecule has 1 aromatic heterocycles. The molecule has 22 heavy (non-hydrogen) atoms. The highest BCUT2D eigenvalue weighted by Crippen LogP contribution is 2.14. The van der Waals surface area contributed by atoms with Gasteiger partial charge in [-0.05, 0) is 44.3 Å². The molecule has 1 aliphatic rings. The third-order valence-corrected chi connectivity index (χ3v) is 3.93. The van der Waals surface area contributed by atoms with Gasteiger partial charge < -0.3 is 19.7 Å². The number of anilines is 1. The molecule has 0 spiro atoms. The van der Waals surface area contributed by atoms with Crippen molar-refractivity contribution in [1.82, 2.24) is 19.4 Å². The first-order valence-electron chi connectivity index (χ1n) is 7.55. The molecule has 0 radical (unpaired) electrons. The molecule has 116 valence electrons. The van der Waals surface area contributed by atoms with E-state index in [1.165, 1.54) is 0 Å². The standard InChI is InChI=1S/C16H21N5O/c1-19-8-2-9-20(12-11-19)16(22)18-14-3-5-15(6-4-14)21-10-7-17-13-21/h3-7,10,13H,2,8-9,11-12H2,1H3,(H,18,22). The summed E-state index contributed by atoms with van der Waals surface area (Å²) in [4.78, 5) is 20.5. The van der Waals surface area contributed by atoms with Crippen molar-refractivity contribution in [1.29, 1.82) is 0 Å². The Bertz CT molecular complexity index is 608. The van der Waals surface area contributed by atoms with Gasteiger partial charge in [-0.25, -0.2) is 9.78 Å². The van der Waals surface area contributed by atoms with Gasteiger partial charge in [0, 0.05) is 43.4 Å². The van der Waals surface area contributed by atoms with E-state index in [1.54, 1.807) is 12.5 Å². The highest BCUT2D eigenvalue weighted by Gasteiger charge is 2.17. The van der Waals surface area contributed by atoms with Crippen LogP contribution in [0.5, 0.6) is 0 Å². The van der Waals surface area contributed by atoms with E-state index in [-0.39, 0.29) is 6.03 Å². The molecule has 2 aromatic rings. The third kappa shape index (κ3) is 3.46. The maximum Gasteiger partial charge on any atom is 0.321 e. The molecule has 1 N–H and O–H groups in total. The topological polar surface area (TPSA) is 53.4 Å². The molecule has 1 aliphatic heterocycles. The number of carbonyl (C=O) groups is 1. The van der Waals surface area contributed by atoms with Gasteiger partial charge in [0.25, 0.3) is 0 Å². The molecule has 6 heteroatoms. The van der Waals surface area contributed by atoms with E-state index in [1.807, 2.05) is 39.9 Å². The van der Waals surface area contributed by atoms with Crippen molar-refractivity contribution in [2.75, 3.05) is 38.5 Å². The van der Waals surface area contributed by atoms with Gasteiger partial charge in [0.2, 0.25) is 0 Å². The van der Waals surface area contributed by atoms with Crippen LogP contribution in [0.15, 0.2) is 43.0 Å². The van der Waals surface area contributed by atoms with E-state index >= 15 is 0 Å². The Hall–Kier alpha value is -2.34. The van der Waals surface area contributed by atoms with Crippen LogP contribution in [0, 0.1) is 0 Å². The number of nitrogens with zero attached hydrogens (tertiary/aromatic N) is 4. The molecule has 0 atom stereocenters. The molecule has 1 saturated heterocycles. The van der Waals surface area contributed by atoms with Crippen molar-refractivity contribution >= 4 is 11.7 Å². The van der Waals surface area contributed by atoms with Gasteiger partial charge in [0.15, 0.2) is 0 Å². The highest BCUT2D eigenvalue weighted by molar-refractivity contribution is 5.89. The summed E-state index contributed by atoms with van der Waals surface area (Å²) >= 11 is 0. The first kappa shape index (κ1) is 14.6. The Balaban J connectivity index is 1.61. The maximum absolute atomic E-state index is 12.3. The largest absolute Gasteiger partial charge is 0.323 e. The average molecular weight is 299 g/mol. The van der Waals surface area contributed by atoms with Gasteiger partial charge in [-0.15, -0.1) is 0 Å². The van der Waals surface area contributed by atoms with Gasteiger partial charge in [-0.2, -0.15) is 0 Å². The lowest BCUT2D eigenvalue weighted by Crippen LogP contribution is -2.37. The van der Waals surface area contributed by atoms with Crippen LogP contribution in [0.1, 0.15) is 6.42 Å². The lowest BCUT2D eigenvalue weighted by atomic mass is 10.3. The Morgan fingerprint density at radius 2 is 1.95 bits per heavy atom. The first-order chi connectivity index (χ1) is 10.7. The van der Waals surface area contributed by atoms with Crippen LogP contribution >= 0.6 is 0 Å². The van der Waals surface area contributed by atoms with E-state index in [4.69, 9.17) is 0 Å². The fourth-order valence-electron chi connectivity index (χ4n) is 2.58. The normalized spacial score (nSPS) is 16.3. The van der Waals surface area contributed by atoms with Gasteiger partial charge in [-0.1, -0.05) is 0 Å². The summed E-state index contributed by atoms with van der Waals surface area (Å²) in [6.45, 7) is 3.55. The number of urea groups is 1. The van der Waals surface area contributed by atoms with Crippen molar-refractivity contribution in [3.63, 3.8) is 0 Å². The van der Waals surface area contributed by atoms with Crippen LogP contribution in [-0.2, 0) is 0 Å². The zero-order valence-corrected chi connectivity index (χ0v) is 12.8. The summed E-state index contributed by atoms with van der Waals surface area (Å²) in [6.07, 6.45) is 6.40. The summed E-state index contributed by atoms with van der Waals surface area (Å²) in [5.74, 6) is 0. The number of benzene rings is 1. The van der Waals surface area contributed by atoms with E-state index in [9.17, 15) is 4.79 Å². The monoisotopic (exact) mass is 299 g/mol. The van der Waals surface area contributed by atoms with Crippen molar-refractivity contribution < 1.29 is 4.79 Å². The second-order valence-electron chi connectivity index (χ2n) is 5.59. The molecule has 1 aromatic carbocycles. The van der Waals surface area contributed by atoms with Gasteiger partial charge in [0.1, 0.15) is 0 Å². The van der Waals surface area contributed by atoms with Crippen LogP contribution in [0.3, 0.4) is 0 Å². The minimum absolute atomic E-state index is 0.0225. The lowest BCUT2D eigenvalue weighted by molar-refractivity contribution is 0.213. The van der Waals surface area contributed by atoms with E-state index in [0.717, 1.165) is 44.0 Å². The molecule has 2 heterocycles. The predicted octanol–water partition coefficient (Wildman–Crippen LogP) is 2.04. The fourth-order valence-corrected chi connectivity index (χ4v) is 2.58. The molecule has 0 aliphatic carbocycles. The molecule has 0 bridgehead atoms. The molecular weight excluding hydrogens is 278 g/mol. The first-order valence-corrected chi connectivity index (χ1v) is 7.55. The van der Waals surface area contributed by atoms with Crippen LogP contribution < -0.4 is 5.32 Å².